The van der Waals surface area contributed by atoms with Crippen molar-refractivity contribution in [2.75, 3.05) is 18.1 Å². The van der Waals surface area contributed by atoms with E-state index in [4.69, 9.17) is 9.72 Å². The summed E-state index contributed by atoms with van der Waals surface area (Å²) in [7, 11) is -4.19. The van der Waals surface area contributed by atoms with Crippen molar-refractivity contribution in [1.29, 1.82) is 0 Å². The second-order valence-electron chi connectivity index (χ2n) is 10.1. The first-order valence-corrected chi connectivity index (χ1v) is 14.5. The Balaban J connectivity index is 1.57. The Morgan fingerprint density at radius 2 is 1.95 bits per heavy atom. The molecule has 1 saturated heterocycles. The number of aromatic amines is 1. The highest BCUT2D eigenvalue weighted by Crippen LogP contribution is 2.38. The highest BCUT2D eigenvalue weighted by Gasteiger charge is 2.32. The summed E-state index contributed by atoms with van der Waals surface area (Å²) >= 11 is 0. The van der Waals surface area contributed by atoms with Crippen molar-refractivity contribution in [1.82, 2.24) is 19.9 Å². The first kappa shape index (κ1) is 27.3. The zero-order valence-electron chi connectivity index (χ0n) is 22.2. The molecule has 0 saturated carbocycles. The number of ether oxygens (including phenoxy) is 1. The molecule has 2 aromatic heterocycles. The van der Waals surface area contributed by atoms with E-state index in [0.717, 1.165) is 18.4 Å². The number of hydrogen-bond acceptors (Lipinski definition) is 7. The fourth-order valence-electron chi connectivity index (χ4n) is 4.73. The monoisotopic (exact) mass is 563 g/mol. The van der Waals surface area contributed by atoms with Crippen LogP contribution in [0.2, 0.25) is 0 Å². The van der Waals surface area contributed by atoms with Gasteiger partial charge in [0.05, 0.1) is 30.1 Å². The van der Waals surface area contributed by atoms with Crippen molar-refractivity contribution >= 4 is 21.7 Å². The number of benzene rings is 2. The van der Waals surface area contributed by atoms with E-state index in [9.17, 15) is 17.6 Å². The molecule has 0 bridgehead atoms. The van der Waals surface area contributed by atoms with Gasteiger partial charge in [-0.3, -0.25) is 9.89 Å². The number of pyridine rings is 1. The molecule has 0 spiro atoms. The lowest BCUT2D eigenvalue weighted by molar-refractivity contribution is 0.0981. The third-order valence-electron chi connectivity index (χ3n) is 6.57. The molecule has 3 heterocycles. The maximum Gasteiger partial charge on any atom is 0.281 e. The SMILES string of the molecule is CC(C)COc1cc(F)cc(-c2ccc(C(=O)NS(=O)(=O)c3ccn[nH]3)c(N3CCC[C@@H]3c3ccccc3)n2)c1. The Hall–Kier alpha value is -4.25. The molecule has 11 heteroatoms. The molecule has 1 fully saturated rings. The molecular weight excluding hydrogens is 533 g/mol. The van der Waals surface area contributed by atoms with Crippen molar-refractivity contribution < 1.29 is 22.3 Å². The van der Waals surface area contributed by atoms with Crippen LogP contribution in [0.1, 0.15) is 48.7 Å². The van der Waals surface area contributed by atoms with Crippen molar-refractivity contribution in [3.05, 3.63) is 89.9 Å². The van der Waals surface area contributed by atoms with Gasteiger partial charge >= 0.3 is 0 Å². The maximum atomic E-state index is 14.6. The third kappa shape index (κ3) is 5.99. The summed E-state index contributed by atoms with van der Waals surface area (Å²) in [5.41, 5.74) is 2.05. The van der Waals surface area contributed by atoms with Gasteiger partial charge in [-0.05, 0) is 54.7 Å². The lowest BCUT2D eigenvalue weighted by atomic mass is 10.0. The Labute approximate surface area is 232 Å². The van der Waals surface area contributed by atoms with Gasteiger partial charge < -0.3 is 9.64 Å². The molecule has 0 aliphatic carbocycles. The molecule has 2 aromatic carbocycles. The summed E-state index contributed by atoms with van der Waals surface area (Å²) in [5.74, 6) is -0.353. The van der Waals surface area contributed by atoms with Gasteiger partial charge in [0.15, 0.2) is 5.03 Å². The highest BCUT2D eigenvalue weighted by molar-refractivity contribution is 7.90. The van der Waals surface area contributed by atoms with Gasteiger partial charge in [0.25, 0.3) is 15.9 Å². The average Bonchev–Trinajstić information content (AvgIpc) is 3.65. The molecule has 4 aromatic rings. The average molecular weight is 564 g/mol. The Morgan fingerprint density at radius 1 is 1.15 bits per heavy atom. The van der Waals surface area contributed by atoms with Gasteiger partial charge in [-0.2, -0.15) is 13.5 Å². The van der Waals surface area contributed by atoms with Gasteiger partial charge in [-0.15, -0.1) is 0 Å². The number of nitrogens with zero attached hydrogens (tertiary/aromatic N) is 3. The van der Waals surface area contributed by atoms with Gasteiger partial charge in [-0.25, -0.2) is 14.1 Å². The standard InChI is InChI=1S/C29H30FN5O4S/c1-19(2)18-39-23-16-21(15-22(30)17-23)25-11-10-24(29(36)34-40(37,38)27-12-13-31-33-27)28(32-25)35-14-6-9-26(35)20-7-4-3-5-8-20/h3-5,7-8,10-13,15-17,19,26H,6,9,14,18H2,1-2H3,(H,31,33)(H,34,36)/t26-/m1/s1. The number of H-pyrrole nitrogens is 1. The number of rotatable bonds is 9. The summed E-state index contributed by atoms with van der Waals surface area (Å²) in [6, 6.07) is 18.5. The fourth-order valence-corrected chi connectivity index (χ4v) is 5.61. The van der Waals surface area contributed by atoms with Crippen molar-refractivity contribution in [2.24, 2.45) is 5.92 Å². The molecule has 9 nitrogen and oxygen atoms in total. The van der Waals surface area contributed by atoms with Gasteiger partial charge in [-0.1, -0.05) is 44.2 Å². The summed E-state index contributed by atoms with van der Waals surface area (Å²) in [6.07, 6.45) is 2.97. The van der Waals surface area contributed by atoms with Gasteiger partial charge in [0.2, 0.25) is 0 Å². The van der Waals surface area contributed by atoms with E-state index in [1.165, 1.54) is 30.5 Å². The maximum absolute atomic E-state index is 14.6. The van der Waals surface area contributed by atoms with Crippen LogP contribution < -0.4 is 14.4 Å². The Bertz CT molecular complexity index is 1590. The number of amides is 1. The molecule has 0 radical (unpaired) electrons. The second kappa shape index (κ2) is 11.5. The first-order chi connectivity index (χ1) is 19.2. The number of anilines is 1. The number of carbonyl (C=O) groups excluding carboxylic acids is 1. The van der Waals surface area contributed by atoms with Crippen LogP contribution in [0.25, 0.3) is 11.3 Å². The molecule has 208 valence electrons. The summed E-state index contributed by atoms with van der Waals surface area (Å²) < 4.78 is 48.0. The van der Waals surface area contributed by atoms with Crippen LogP contribution in [0, 0.1) is 11.7 Å². The van der Waals surface area contributed by atoms with Crippen molar-refractivity contribution in [3.63, 3.8) is 0 Å². The highest BCUT2D eigenvalue weighted by atomic mass is 32.2. The summed E-state index contributed by atoms with van der Waals surface area (Å²) in [5, 5.41) is 5.79. The predicted molar refractivity (Wildman–Crippen MR) is 149 cm³/mol. The summed E-state index contributed by atoms with van der Waals surface area (Å²) in [6.45, 7) is 5.04. The van der Waals surface area contributed by atoms with E-state index in [1.54, 1.807) is 12.1 Å². The molecule has 2 N–H and O–H groups in total. The summed E-state index contributed by atoms with van der Waals surface area (Å²) in [4.78, 5) is 20.2. The van der Waals surface area contributed by atoms with Gasteiger partial charge in [0.1, 0.15) is 17.4 Å². The van der Waals surface area contributed by atoms with Crippen LogP contribution in [0.4, 0.5) is 10.2 Å². The van der Waals surface area contributed by atoms with E-state index in [-0.39, 0.29) is 22.5 Å². The number of hydrogen-bond donors (Lipinski definition) is 2. The van der Waals surface area contributed by atoms with Crippen LogP contribution in [0.3, 0.4) is 0 Å². The van der Waals surface area contributed by atoms with Crippen LogP contribution >= 0.6 is 0 Å². The zero-order valence-corrected chi connectivity index (χ0v) is 23.0. The fraction of sp³-hybridized carbons (Fsp3) is 0.276. The van der Waals surface area contributed by atoms with Crippen LogP contribution in [-0.4, -0.2) is 42.7 Å². The minimum atomic E-state index is -4.19. The van der Waals surface area contributed by atoms with Crippen molar-refractivity contribution in [2.45, 2.75) is 37.8 Å². The molecule has 5 rings (SSSR count). The van der Waals surface area contributed by atoms with E-state index < -0.39 is 21.7 Å². The second-order valence-corrected chi connectivity index (χ2v) is 11.7. The quantitative estimate of drug-likeness (QED) is 0.291. The molecule has 1 aliphatic heterocycles. The normalized spacial score (nSPS) is 15.4. The van der Waals surface area contributed by atoms with Crippen molar-refractivity contribution in [3.8, 4) is 17.0 Å². The number of halogens is 1. The number of sulfonamides is 1. The number of carbonyl (C=O) groups is 1. The van der Waals surface area contributed by atoms with E-state index in [0.29, 0.717) is 36.0 Å². The largest absolute Gasteiger partial charge is 0.493 e. The van der Waals surface area contributed by atoms with E-state index in [2.05, 4.69) is 14.9 Å². The first-order valence-electron chi connectivity index (χ1n) is 13.0. The molecule has 40 heavy (non-hydrogen) atoms. The van der Waals surface area contributed by atoms with Crippen LogP contribution in [0.15, 0.2) is 78.0 Å². The zero-order chi connectivity index (χ0) is 28.3. The van der Waals surface area contributed by atoms with E-state index >= 15 is 0 Å². The minimum absolute atomic E-state index is 0.0721. The van der Waals surface area contributed by atoms with Crippen LogP contribution in [0.5, 0.6) is 5.75 Å². The lowest BCUT2D eigenvalue weighted by Gasteiger charge is -2.28. The number of nitrogens with one attached hydrogen (secondary N) is 2. The molecule has 0 unspecified atom stereocenters. The lowest BCUT2D eigenvalue weighted by Crippen LogP contribution is -2.33. The Morgan fingerprint density at radius 3 is 2.67 bits per heavy atom. The van der Waals surface area contributed by atoms with Crippen LogP contribution in [-0.2, 0) is 10.0 Å². The number of aromatic nitrogens is 3. The van der Waals surface area contributed by atoms with Gasteiger partial charge in [0, 0.05) is 18.2 Å². The molecule has 1 aliphatic rings. The smallest absolute Gasteiger partial charge is 0.281 e. The third-order valence-corrected chi connectivity index (χ3v) is 7.83. The predicted octanol–water partition coefficient (Wildman–Crippen LogP) is 5.11. The molecule has 1 atom stereocenters. The topological polar surface area (TPSA) is 117 Å². The molecular formula is C29H30FN5O4S. The molecule has 1 amide bonds. The van der Waals surface area contributed by atoms with E-state index in [1.807, 2.05) is 49.1 Å². The minimum Gasteiger partial charge on any atom is -0.493 e. The Kier molecular flexibility index (Phi) is 7.83.